The normalized spacial score (nSPS) is 16.8. The zero-order valence-corrected chi connectivity index (χ0v) is 14.1. The van der Waals surface area contributed by atoms with E-state index in [4.69, 9.17) is 20.8 Å². The van der Waals surface area contributed by atoms with Crippen molar-refractivity contribution >= 4 is 23.2 Å². The summed E-state index contributed by atoms with van der Waals surface area (Å²) in [7, 11) is 0. The maximum atomic E-state index is 12.9. The summed E-state index contributed by atoms with van der Waals surface area (Å²) in [5, 5.41) is 10.9. The van der Waals surface area contributed by atoms with Crippen LogP contribution >= 0.6 is 11.6 Å². The number of benzene rings is 1. The molecule has 1 unspecified atom stereocenters. The van der Waals surface area contributed by atoms with E-state index >= 15 is 0 Å². The van der Waals surface area contributed by atoms with Gasteiger partial charge in [-0.05, 0) is 31.0 Å². The van der Waals surface area contributed by atoms with Crippen LogP contribution in [0.1, 0.15) is 29.0 Å². The minimum Gasteiger partial charge on any atom is -0.467 e. The quantitative estimate of drug-likeness (QED) is 0.576. The number of ether oxygens (including phenoxy) is 1. The van der Waals surface area contributed by atoms with Crippen molar-refractivity contribution in [3.63, 3.8) is 0 Å². The molecule has 132 valence electrons. The lowest BCUT2D eigenvalue weighted by Crippen LogP contribution is -2.37. The maximum absolute atomic E-state index is 12.9. The van der Waals surface area contributed by atoms with E-state index in [2.05, 4.69) is 0 Å². The van der Waals surface area contributed by atoms with Crippen LogP contribution in [0.4, 0.5) is 5.69 Å². The first-order valence-electron chi connectivity index (χ1n) is 7.92. The Bertz CT molecular complexity index is 756. The molecule has 0 N–H and O–H groups in total. The first-order valence-corrected chi connectivity index (χ1v) is 8.29. The molecule has 0 spiro atoms. The van der Waals surface area contributed by atoms with E-state index < -0.39 is 4.92 Å². The zero-order chi connectivity index (χ0) is 17.8. The van der Waals surface area contributed by atoms with Crippen molar-refractivity contribution in [2.75, 3.05) is 13.2 Å². The van der Waals surface area contributed by atoms with Gasteiger partial charge in [0.25, 0.3) is 11.6 Å². The topological polar surface area (TPSA) is 85.8 Å². The summed E-state index contributed by atoms with van der Waals surface area (Å²) >= 11 is 6.10. The average molecular weight is 365 g/mol. The highest BCUT2D eigenvalue weighted by atomic mass is 35.5. The molecule has 1 aliphatic heterocycles. The molecule has 8 heteroatoms. The highest BCUT2D eigenvalue weighted by molar-refractivity contribution is 6.34. The van der Waals surface area contributed by atoms with Gasteiger partial charge in [0.15, 0.2) is 0 Å². The van der Waals surface area contributed by atoms with Gasteiger partial charge in [0.1, 0.15) is 5.76 Å². The number of carbonyl (C=O) groups is 1. The second-order valence-corrected chi connectivity index (χ2v) is 6.23. The number of carbonyl (C=O) groups excluding carboxylic acids is 1. The Balaban J connectivity index is 1.83. The molecule has 25 heavy (non-hydrogen) atoms. The van der Waals surface area contributed by atoms with Gasteiger partial charge in [-0.15, -0.1) is 0 Å². The second-order valence-electron chi connectivity index (χ2n) is 5.82. The Morgan fingerprint density at radius 1 is 1.40 bits per heavy atom. The summed E-state index contributed by atoms with van der Waals surface area (Å²) in [5.41, 5.74) is 0.0649. The molecule has 1 aromatic carbocycles. The predicted molar refractivity (Wildman–Crippen MR) is 90.5 cm³/mol. The van der Waals surface area contributed by atoms with E-state index in [1.165, 1.54) is 18.2 Å². The summed E-state index contributed by atoms with van der Waals surface area (Å²) in [5.74, 6) is 0.330. The minimum absolute atomic E-state index is 0.0317. The van der Waals surface area contributed by atoms with Crippen LogP contribution in [0.2, 0.25) is 5.02 Å². The number of halogens is 1. The number of rotatable bonds is 6. The van der Waals surface area contributed by atoms with Crippen LogP contribution in [0, 0.1) is 10.1 Å². The molecule has 1 saturated heterocycles. The van der Waals surface area contributed by atoms with E-state index in [1.54, 1.807) is 23.3 Å². The smallest absolute Gasteiger partial charge is 0.270 e. The largest absolute Gasteiger partial charge is 0.467 e. The fourth-order valence-corrected chi connectivity index (χ4v) is 3.06. The van der Waals surface area contributed by atoms with Crippen LogP contribution < -0.4 is 0 Å². The van der Waals surface area contributed by atoms with Gasteiger partial charge in [0.2, 0.25) is 0 Å². The van der Waals surface area contributed by atoms with Crippen molar-refractivity contribution in [1.82, 2.24) is 4.90 Å². The number of nitrogens with zero attached hydrogens (tertiary/aromatic N) is 2. The van der Waals surface area contributed by atoms with Crippen LogP contribution in [0.5, 0.6) is 0 Å². The first-order chi connectivity index (χ1) is 12.0. The maximum Gasteiger partial charge on any atom is 0.270 e. The Morgan fingerprint density at radius 3 is 2.84 bits per heavy atom. The first kappa shape index (κ1) is 17.4. The minimum atomic E-state index is -0.548. The number of furan rings is 1. The molecular formula is C17H17ClN2O5. The van der Waals surface area contributed by atoms with Crippen LogP contribution in [0.15, 0.2) is 41.0 Å². The van der Waals surface area contributed by atoms with Gasteiger partial charge in [-0.3, -0.25) is 14.9 Å². The molecule has 0 aliphatic carbocycles. The number of nitro groups is 1. The van der Waals surface area contributed by atoms with Crippen molar-refractivity contribution in [3.8, 4) is 0 Å². The second kappa shape index (κ2) is 7.67. The lowest BCUT2D eigenvalue weighted by Gasteiger charge is -2.25. The molecule has 1 amide bonds. The Kier molecular flexibility index (Phi) is 5.35. The van der Waals surface area contributed by atoms with E-state index in [9.17, 15) is 14.9 Å². The van der Waals surface area contributed by atoms with Gasteiger partial charge in [-0.25, -0.2) is 0 Å². The van der Waals surface area contributed by atoms with E-state index in [1.807, 2.05) is 0 Å². The monoisotopic (exact) mass is 364 g/mol. The average Bonchev–Trinajstić information content (AvgIpc) is 3.27. The predicted octanol–water partition coefficient (Wildman–Crippen LogP) is 3.66. The molecule has 0 bridgehead atoms. The summed E-state index contributed by atoms with van der Waals surface area (Å²) in [4.78, 5) is 24.8. The third-order valence-corrected chi connectivity index (χ3v) is 4.37. The molecule has 0 radical (unpaired) electrons. The van der Waals surface area contributed by atoms with Crippen molar-refractivity contribution in [3.05, 3.63) is 63.1 Å². The summed E-state index contributed by atoms with van der Waals surface area (Å²) in [6.07, 6.45) is 3.36. The summed E-state index contributed by atoms with van der Waals surface area (Å²) in [6, 6.07) is 7.38. The number of amides is 1. The molecule has 1 aliphatic rings. The number of non-ortho nitro benzene ring substituents is 1. The number of hydrogen-bond donors (Lipinski definition) is 0. The van der Waals surface area contributed by atoms with Crippen LogP contribution in [0.3, 0.4) is 0 Å². The zero-order valence-electron chi connectivity index (χ0n) is 13.4. The van der Waals surface area contributed by atoms with E-state index in [0.717, 1.165) is 12.8 Å². The molecule has 2 heterocycles. The SMILES string of the molecule is O=C(c1ccc([N+](=O)[O-])cc1Cl)N(Cc1ccco1)CC1CCCO1. The summed E-state index contributed by atoms with van der Waals surface area (Å²) < 4.78 is 11.0. The third kappa shape index (κ3) is 4.18. The van der Waals surface area contributed by atoms with Gasteiger partial charge in [0.05, 0.1) is 34.4 Å². The van der Waals surface area contributed by atoms with Crippen molar-refractivity contribution in [2.45, 2.75) is 25.5 Å². The van der Waals surface area contributed by atoms with Crippen molar-refractivity contribution in [1.29, 1.82) is 0 Å². The van der Waals surface area contributed by atoms with Crippen molar-refractivity contribution < 1.29 is 18.9 Å². The van der Waals surface area contributed by atoms with Crippen LogP contribution in [-0.2, 0) is 11.3 Å². The molecule has 7 nitrogen and oxygen atoms in total. The lowest BCUT2D eigenvalue weighted by molar-refractivity contribution is -0.384. The van der Waals surface area contributed by atoms with E-state index in [-0.39, 0.29) is 34.8 Å². The van der Waals surface area contributed by atoms with Gasteiger partial charge >= 0.3 is 0 Å². The third-order valence-electron chi connectivity index (χ3n) is 4.06. The molecule has 0 saturated carbocycles. The Hall–Kier alpha value is -2.38. The van der Waals surface area contributed by atoms with Crippen LogP contribution in [0.25, 0.3) is 0 Å². The molecule has 3 rings (SSSR count). The van der Waals surface area contributed by atoms with Crippen molar-refractivity contribution in [2.24, 2.45) is 0 Å². The van der Waals surface area contributed by atoms with Gasteiger partial charge in [-0.2, -0.15) is 0 Å². The highest BCUT2D eigenvalue weighted by Crippen LogP contribution is 2.25. The Morgan fingerprint density at radius 2 is 2.24 bits per heavy atom. The summed E-state index contributed by atoms with van der Waals surface area (Å²) in [6.45, 7) is 1.37. The molecule has 1 aromatic heterocycles. The number of nitro benzene ring substituents is 1. The molecular weight excluding hydrogens is 348 g/mol. The fraction of sp³-hybridized carbons (Fsp3) is 0.353. The van der Waals surface area contributed by atoms with E-state index in [0.29, 0.717) is 18.9 Å². The van der Waals surface area contributed by atoms with Gasteiger partial charge in [0, 0.05) is 25.3 Å². The van der Waals surface area contributed by atoms with Gasteiger partial charge in [-0.1, -0.05) is 11.6 Å². The fourth-order valence-electron chi connectivity index (χ4n) is 2.81. The Labute approximate surface area is 149 Å². The highest BCUT2D eigenvalue weighted by Gasteiger charge is 2.26. The van der Waals surface area contributed by atoms with Crippen LogP contribution in [-0.4, -0.2) is 35.0 Å². The van der Waals surface area contributed by atoms with Gasteiger partial charge < -0.3 is 14.1 Å². The molecule has 1 fully saturated rings. The molecule has 1 atom stereocenters. The standard InChI is InChI=1S/C17H17ClN2O5/c18-16-9-12(20(22)23)5-6-15(16)17(21)19(10-13-3-1-7-24-13)11-14-4-2-8-25-14/h1,3,5-7,9,14H,2,4,8,10-11H2. The molecule has 2 aromatic rings. The lowest BCUT2D eigenvalue weighted by atomic mass is 10.1. The number of hydrogen-bond acceptors (Lipinski definition) is 5.